The van der Waals surface area contributed by atoms with Crippen LogP contribution >= 0.6 is 0 Å². The van der Waals surface area contributed by atoms with Crippen LogP contribution in [0, 0.1) is 6.92 Å². The molecule has 2 aromatic carbocycles. The van der Waals surface area contributed by atoms with Crippen molar-refractivity contribution in [2.24, 2.45) is 0 Å². The van der Waals surface area contributed by atoms with Gasteiger partial charge < -0.3 is 0 Å². The Hall–Kier alpha value is -2.75. The van der Waals surface area contributed by atoms with Gasteiger partial charge in [0.05, 0.1) is 5.69 Å². The topological polar surface area (TPSA) is 47.8 Å². The number of benzene rings is 2. The molecule has 0 aliphatic heterocycles. The molecule has 0 aliphatic rings. The molecule has 104 valence electrons. The summed E-state index contributed by atoms with van der Waals surface area (Å²) in [6, 6.07) is 17.6. The summed E-state index contributed by atoms with van der Waals surface area (Å²) in [7, 11) is 0. The Balaban J connectivity index is 2.28. The second kappa shape index (κ2) is 5.32. The second-order valence-corrected chi connectivity index (χ2v) is 4.91. The van der Waals surface area contributed by atoms with E-state index >= 15 is 0 Å². The molecule has 4 heteroatoms. The van der Waals surface area contributed by atoms with E-state index in [0.29, 0.717) is 5.69 Å². The Morgan fingerprint density at radius 3 is 2.33 bits per heavy atom. The maximum Gasteiger partial charge on any atom is 0.182 e. The van der Waals surface area contributed by atoms with Crippen molar-refractivity contribution in [3.63, 3.8) is 0 Å². The number of hydrogen-bond acceptors (Lipinski definition) is 3. The van der Waals surface area contributed by atoms with E-state index < -0.39 is 0 Å². The van der Waals surface area contributed by atoms with E-state index in [1.165, 1.54) is 6.92 Å². The lowest BCUT2D eigenvalue weighted by Gasteiger charge is -2.09. The maximum atomic E-state index is 11.9. The van der Waals surface area contributed by atoms with Crippen molar-refractivity contribution >= 4 is 5.78 Å². The van der Waals surface area contributed by atoms with Crippen LogP contribution in [0.5, 0.6) is 0 Å². The van der Waals surface area contributed by atoms with Crippen LogP contribution in [-0.4, -0.2) is 20.8 Å². The third-order valence-corrected chi connectivity index (χ3v) is 3.39. The lowest BCUT2D eigenvalue weighted by Crippen LogP contribution is -2.03. The molecule has 0 atom stereocenters. The molecule has 0 saturated carbocycles. The first kappa shape index (κ1) is 13.2. The van der Waals surface area contributed by atoms with Crippen LogP contribution in [0.3, 0.4) is 0 Å². The zero-order valence-corrected chi connectivity index (χ0v) is 11.9. The van der Waals surface area contributed by atoms with Crippen molar-refractivity contribution in [1.29, 1.82) is 0 Å². The van der Waals surface area contributed by atoms with Crippen molar-refractivity contribution < 1.29 is 4.79 Å². The highest BCUT2D eigenvalue weighted by Crippen LogP contribution is 2.26. The Kier molecular flexibility index (Phi) is 3.36. The largest absolute Gasteiger partial charge is 0.293 e. The van der Waals surface area contributed by atoms with Gasteiger partial charge in [0.15, 0.2) is 11.5 Å². The first-order valence-electron chi connectivity index (χ1n) is 6.76. The molecule has 4 nitrogen and oxygen atoms in total. The summed E-state index contributed by atoms with van der Waals surface area (Å²) in [4.78, 5) is 11.9. The number of Topliss-reactive ketones (excluding diaryl/α,β-unsaturated/α-hetero) is 1. The lowest BCUT2D eigenvalue weighted by atomic mass is 10.1. The number of rotatable bonds is 3. The van der Waals surface area contributed by atoms with Gasteiger partial charge in [0.1, 0.15) is 5.69 Å². The normalized spacial score (nSPS) is 10.6. The van der Waals surface area contributed by atoms with E-state index in [1.54, 1.807) is 4.68 Å². The molecule has 0 unspecified atom stereocenters. The third kappa shape index (κ3) is 2.36. The molecule has 0 saturated heterocycles. The summed E-state index contributed by atoms with van der Waals surface area (Å²) in [5.74, 6) is -0.0892. The highest BCUT2D eigenvalue weighted by atomic mass is 16.1. The molecule has 0 fully saturated rings. The van der Waals surface area contributed by atoms with Gasteiger partial charge in [-0.3, -0.25) is 4.79 Å². The molecule has 0 radical (unpaired) electrons. The van der Waals surface area contributed by atoms with Gasteiger partial charge in [0.25, 0.3) is 0 Å². The first-order chi connectivity index (χ1) is 10.2. The van der Waals surface area contributed by atoms with Crippen molar-refractivity contribution in [3.8, 4) is 16.9 Å². The average molecular weight is 277 g/mol. The molecule has 1 aromatic heterocycles. The lowest BCUT2D eigenvalue weighted by molar-refractivity contribution is 0.101. The second-order valence-electron chi connectivity index (χ2n) is 4.91. The highest BCUT2D eigenvalue weighted by molar-refractivity contribution is 5.98. The van der Waals surface area contributed by atoms with Crippen LogP contribution in [0.15, 0.2) is 54.6 Å². The van der Waals surface area contributed by atoms with Gasteiger partial charge in [0, 0.05) is 12.5 Å². The third-order valence-electron chi connectivity index (χ3n) is 3.39. The molecule has 0 aliphatic carbocycles. The number of carbonyl (C=O) groups excluding carboxylic acids is 1. The van der Waals surface area contributed by atoms with Gasteiger partial charge in [-0.1, -0.05) is 53.7 Å². The molecule has 0 amide bonds. The minimum Gasteiger partial charge on any atom is -0.293 e. The Morgan fingerprint density at radius 2 is 1.67 bits per heavy atom. The van der Waals surface area contributed by atoms with Crippen molar-refractivity contribution in [1.82, 2.24) is 15.0 Å². The summed E-state index contributed by atoms with van der Waals surface area (Å²) in [6.45, 7) is 3.53. The van der Waals surface area contributed by atoms with Crippen molar-refractivity contribution in [2.45, 2.75) is 13.8 Å². The molecule has 1 heterocycles. The maximum absolute atomic E-state index is 11.9. The fraction of sp³-hybridized carbons (Fsp3) is 0.118. The number of nitrogens with zero attached hydrogens (tertiary/aromatic N) is 3. The molecule has 21 heavy (non-hydrogen) atoms. The first-order valence-corrected chi connectivity index (χ1v) is 6.76. The molecule has 3 aromatic rings. The Bertz CT molecular complexity index is 791. The van der Waals surface area contributed by atoms with E-state index in [2.05, 4.69) is 10.3 Å². The molecular formula is C17H15N3O. The minimum absolute atomic E-state index is 0.0892. The van der Waals surface area contributed by atoms with Crippen LogP contribution in [0.4, 0.5) is 0 Å². The van der Waals surface area contributed by atoms with Crippen LogP contribution < -0.4 is 0 Å². The van der Waals surface area contributed by atoms with E-state index in [4.69, 9.17) is 0 Å². The zero-order chi connectivity index (χ0) is 14.8. The monoisotopic (exact) mass is 277 g/mol. The SMILES string of the molecule is CC(=O)c1nnn(-c2ccccc2C)c1-c1ccccc1. The number of aromatic nitrogens is 3. The van der Waals surface area contributed by atoms with Crippen molar-refractivity contribution in [2.75, 3.05) is 0 Å². The van der Waals surface area contributed by atoms with E-state index in [-0.39, 0.29) is 5.78 Å². The summed E-state index contributed by atoms with van der Waals surface area (Å²) >= 11 is 0. The number of ketones is 1. The van der Waals surface area contributed by atoms with E-state index in [9.17, 15) is 4.79 Å². The zero-order valence-electron chi connectivity index (χ0n) is 11.9. The standard InChI is InChI=1S/C17H15N3O/c1-12-8-6-7-11-15(12)20-17(14-9-4-3-5-10-14)16(13(2)21)18-19-20/h3-11H,1-2H3. The minimum atomic E-state index is -0.0892. The van der Waals surface area contributed by atoms with Crippen LogP contribution in [0.1, 0.15) is 23.0 Å². The number of carbonyl (C=O) groups is 1. The molecule has 0 N–H and O–H groups in total. The summed E-state index contributed by atoms with van der Waals surface area (Å²) in [5.41, 5.74) is 4.06. The fourth-order valence-electron chi connectivity index (χ4n) is 2.34. The number of hydrogen-bond donors (Lipinski definition) is 0. The van der Waals surface area contributed by atoms with Gasteiger partial charge in [-0.25, -0.2) is 4.68 Å². The van der Waals surface area contributed by atoms with E-state index in [0.717, 1.165) is 22.5 Å². The molecule has 0 bridgehead atoms. The number of para-hydroxylation sites is 1. The van der Waals surface area contributed by atoms with Gasteiger partial charge in [-0.2, -0.15) is 0 Å². The molecule has 3 rings (SSSR count). The van der Waals surface area contributed by atoms with Crippen LogP contribution in [0.25, 0.3) is 16.9 Å². The van der Waals surface area contributed by atoms with Gasteiger partial charge in [-0.05, 0) is 18.6 Å². The smallest absolute Gasteiger partial charge is 0.182 e. The summed E-state index contributed by atoms with van der Waals surface area (Å²) < 4.78 is 1.74. The van der Waals surface area contributed by atoms with Gasteiger partial charge in [0.2, 0.25) is 0 Å². The number of aryl methyl sites for hydroxylation is 1. The van der Waals surface area contributed by atoms with Crippen LogP contribution in [0.2, 0.25) is 0 Å². The molecule has 0 spiro atoms. The Labute approximate surface area is 123 Å². The summed E-state index contributed by atoms with van der Waals surface area (Å²) in [5, 5.41) is 8.26. The fourth-order valence-corrected chi connectivity index (χ4v) is 2.34. The Morgan fingerprint density at radius 1 is 1.00 bits per heavy atom. The van der Waals surface area contributed by atoms with Crippen molar-refractivity contribution in [3.05, 3.63) is 65.9 Å². The predicted octanol–water partition coefficient (Wildman–Crippen LogP) is 3.45. The van der Waals surface area contributed by atoms with Gasteiger partial charge in [-0.15, -0.1) is 5.10 Å². The van der Waals surface area contributed by atoms with E-state index in [1.807, 2.05) is 61.5 Å². The van der Waals surface area contributed by atoms with Gasteiger partial charge >= 0.3 is 0 Å². The highest BCUT2D eigenvalue weighted by Gasteiger charge is 2.19. The molecular weight excluding hydrogens is 262 g/mol. The summed E-state index contributed by atoms with van der Waals surface area (Å²) in [6.07, 6.45) is 0. The predicted molar refractivity (Wildman–Crippen MR) is 81.5 cm³/mol. The van der Waals surface area contributed by atoms with Crippen LogP contribution in [-0.2, 0) is 0 Å². The average Bonchev–Trinajstić information content (AvgIpc) is 2.93. The quantitative estimate of drug-likeness (QED) is 0.689.